The zero-order valence-corrected chi connectivity index (χ0v) is 17.4. The molecule has 2 heterocycles. The number of ether oxygens (including phenoxy) is 1. The summed E-state index contributed by atoms with van der Waals surface area (Å²) < 4.78 is 41.7. The zero-order valence-electron chi connectivity index (χ0n) is 17.4. The van der Waals surface area contributed by atoms with Gasteiger partial charge in [-0.05, 0) is 44.5 Å². The van der Waals surface area contributed by atoms with Crippen LogP contribution in [-0.4, -0.2) is 34.6 Å². The van der Waals surface area contributed by atoms with Crippen LogP contribution in [0.2, 0.25) is 0 Å². The summed E-state index contributed by atoms with van der Waals surface area (Å²) >= 11 is 0. The Kier molecular flexibility index (Phi) is 7.12. The summed E-state index contributed by atoms with van der Waals surface area (Å²) in [6, 6.07) is 4.40. The van der Waals surface area contributed by atoms with Crippen molar-refractivity contribution in [1.82, 2.24) is 15.3 Å². The van der Waals surface area contributed by atoms with Crippen LogP contribution in [0.3, 0.4) is 0 Å². The number of aryl methyl sites for hydroxylation is 2. The first-order chi connectivity index (χ1) is 13.9. The minimum atomic E-state index is -4.48. The van der Waals surface area contributed by atoms with Crippen molar-refractivity contribution in [3.63, 3.8) is 0 Å². The van der Waals surface area contributed by atoms with Gasteiger partial charge in [0.25, 0.3) is 5.91 Å². The van der Waals surface area contributed by atoms with Crippen LogP contribution in [0.1, 0.15) is 54.1 Å². The van der Waals surface area contributed by atoms with E-state index in [1.807, 2.05) is 0 Å². The molecule has 1 unspecified atom stereocenters. The van der Waals surface area contributed by atoms with E-state index in [1.165, 1.54) is 6.07 Å². The Morgan fingerprint density at radius 2 is 1.83 bits per heavy atom. The molecule has 0 bridgehead atoms. The van der Waals surface area contributed by atoms with Crippen LogP contribution in [0.4, 0.5) is 19.0 Å². The molecule has 2 amide bonds. The lowest BCUT2D eigenvalue weighted by Crippen LogP contribution is -2.27. The van der Waals surface area contributed by atoms with Gasteiger partial charge >= 0.3 is 6.18 Å². The Morgan fingerprint density at radius 3 is 2.43 bits per heavy atom. The first kappa shape index (κ1) is 23.2. The Bertz CT molecular complexity index is 923. The molecule has 0 spiro atoms. The second-order valence-electron chi connectivity index (χ2n) is 7.37. The van der Waals surface area contributed by atoms with E-state index in [2.05, 4.69) is 20.6 Å². The van der Waals surface area contributed by atoms with Gasteiger partial charge in [-0.1, -0.05) is 13.8 Å². The van der Waals surface area contributed by atoms with Crippen LogP contribution in [-0.2, 0) is 4.79 Å². The molecular weight excluding hydrogens is 401 g/mol. The predicted molar refractivity (Wildman–Crippen MR) is 105 cm³/mol. The van der Waals surface area contributed by atoms with E-state index in [-0.39, 0.29) is 23.4 Å². The van der Waals surface area contributed by atoms with E-state index in [1.54, 1.807) is 46.8 Å². The molecule has 0 saturated carbocycles. The summed E-state index contributed by atoms with van der Waals surface area (Å²) in [7, 11) is 0. The summed E-state index contributed by atoms with van der Waals surface area (Å²) in [5.74, 6) is -0.622. The van der Waals surface area contributed by atoms with Gasteiger partial charge in [-0.2, -0.15) is 13.2 Å². The molecule has 164 valence electrons. The Labute approximate surface area is 172 Å². The van der Waals surface area contributed by atoms with Crippen molar-refractivity contribution >= 4 is 17.6 Å². The number of aromatic nitrogens is 2. The van der Waals surface area contributed by atoms with Gasteiger partial charge < -0.3 is 20.4 Å². The summed E-state index contributed by atoms with van der Waals surface area (Å²) in [4.78, 5) is 31.3. The number of hydrogen-bond donors (Lipinski definition) is 3. The highest BCUT2D eigenvalue weighted by Crippen LogP contribution is 2.23. The molecule has 2 aromatic heterocycles. The number of amides is 2. The first-order valence-corrected chi connectivity index (χ1v) is 9.35. The molecule has 0 aliphatic heterocycles. The van der Waals surface area contributed by atoms with Crippen molar-refractivity contribution in [1.29, 1.82) is 0 Å². The SMILES string of the molecule is Cc1cc(C(C)NC(=O)c2cc(C)c(OCC(F)(F)F)[nH]2)cc(NC(=O)C(C)C)n1. The number of nitrogens with one attached hydrogen (secondary N) is 3. The quantitative estimate of drug-likeness (QED) is 0.622. The Hall–Kier alpha value is -3.04. The second-order valence-corrected chi connectivity index (χ2v) is 7.37. The average Bonchev–Trinajstić information content (AvgIpc) is 2.99. The van der Waals surface area contributed by atoms with Gasteiger partial charge in [-0.15, -0.1) is 0 Å². The van der Waals surface area contributed by atoms with Crippen molar-refractivity contribution in [2.24, 2.45) is 5.92 Å². The molecule has 0 fully saturated rings. The molecular formula is C20H25F3N4O3. The van der Waals surface area contributed by atoms with E-state index in [0.717, 1.165) is 0 Å². The third-order valence-corrected chi connectivity index (χ3v) is 4.19. The smallest absolute Gasteiger partial charge is 0.422 e. The van der Waals surface area contributed by atoms with Crippen molar-refractivity contribution in [3.05, 3.63) is 40.7 Å². The van der Waals surface area contributed by atoms with Gasteiger partial charge in [-0.25, -0.2) is 4.98 Å². The standard InChI is InChI=1S/C20H25F3N4O3/c1-10(2)17(28)27-16-8-14(7-12(4)24-16)13(5)25-18(29)15-6-11(3)19(26-15)30-9-20(21,22)23/h6-8,10,13,26H,9H2,1-5H3,(H,25,29)(H,24,27,28). The molecule has 0 aromatic carbocycles. The molecule has 30 heavy (non-hydrogen) atoms. The molecule has 1 atom stereocenters. The van der Waals surface area contributed by atoms with Crippen LogP contribution in [0.5, 0.6) is 5.88 Å². The fraction of sp³-hybridized carbons (Fsp3) is 0.450. The van der Waals surface area contributed by atoms with Gasteiger partial charge in [0.15, 0.2) is 12.5 Å². The highest BCUT2D eigenvalue weighted by atomic mass is 19.4. The molecule has 3 N–H and O–H groups in total. The third-order valence-electron chi connectivity index (χ3n) is 4.19. The molecule has 7 nitrogen and oxygen atoms in total. The number of carbonyl (C=O) groups excluding carboxylic acids is 2. The summed E-state index contributed by atoms with van der Waals surface area (Å²) in [6.07, 6.45) is -4.48. The van der Waals surface area contributed by atoms with Crippen LogP contribution >= 0.6 is 0 Å². The fourth-order valence-electron chi connectivity index (χ4n) is 2.60. The summed E-state index contributed by atoms with van der Waals surface area (Å²) in [5.41, 5.74) is 1.84. The van der Waals surface area contributed by atoms with Crippen LogP contribution < -0.4 is 15.4 Å². The number of nitrogens with zero attached hydrogens (tertiary/aromatic N) is 1. The number of halogens is 3. The van der Waals surface area contributed by atoms with Crippen molar-refractivity contribution in [2.75, 3.05) is 11.9 Å². The van der Waals surface area contributed by atoms with E-state index in [0.29, 0.717) is 22.6 Å². The molecule has 2 aromatic rings. The fourth-order valence-corrected chi connectivity index (χ4v) is 2.60. The number of pyridine rings is 1. The summed E-state index contributed by atoms with van der Waals surface area (Å²) in [6.45, 7) is 7.13. The van der Waals surface area contributed by atoms with Gasteiger partial charge in [-0.3, -0.25) is 9.59 Å². The van der Waals surface area contributed by atoms with Crippen molar-refractivity contribution < 1.29 is 27.5 Å². The molecule has 2 rings (SSSR count). The van der Waals surface area contributed by atoms with Gasteiger partial charge in [0, 0.05) is 17.2 Å². The first-order valence-electron chi connectivity index (χ1n) is 9.35. The molecule has 10 heteroatoms. The van der Waals surface area contributed by atoms with Gasteiger partial charge in [0.1, 0.15) is 11.5 Å². The van der Waals surface area contributed by atoms with E-state index in [9.17, 15) is 22.8 Å². The van der Waals surface area contributed by atoms with Crippen molar-refractivity contribution in [2.45, 2.75) is 46.8 Å². The number of rotatable bonds is 7. The second kappa shape index (κ2) is 9.19. The lowest BCUT2D eigenvalue weighted by Gasteiger charge is -2.16. The number of aromatic amines is 1. The largest absolute Gasteiger partial charge is 0.469 e. The normalized spacial score (nSPS) is 12.6. The number of hydrogen-bond acceptors (Lipinski definition) is 4. The van der Waals surface area contributed by atoms with Crippen LogP contribution in [0, 0.1) is 19.8 Å². The molecule has 0 radical (unpaired) electrons. The van der Waals surface area contributed by atoms with Gasteiger partial charge in [0.2, 0.25) is 5.91 Å². The molecule has 0 aliphatic carbocycles. The maximum atomic E-state index is 12.5. The Morgan fingerprint density at radius 1 is 1.17 bits per heavy atom. The lowest BCUT2D eigenvalue weighted by atomic mass is 10.1. The number of H-pyrrole nitrogens is 1. The zero-order chi connectivity index (χ0) is 22.6. The van der Waals surface area contributed by atoms with Crippen LogP contribution in [0.25, 0.3) is 0 Å². The topological polar surface area (TPSA) is 96.1 Å². The highest BCUT2D eigenvalue weighted by Gasteiger charge is 2.29. The third kappa shape index (κ3) is 6.50. The maximum absolute atomic E-state index is 12.5. The van der Waals surface area contributed by atoms with E-state index < -0.39 is 24.7 Å². The predicted octanol–water partition coefficient (Wildman–Crippen LogP) is 4.05. The summed E-state index contributed by atoms with van der Waals surface area (Å²) in [5, 5.41) is 5.49. The monoisotopic (exact) mass is 426 g/mol. The maximum Gasteiger partial charge on any atom is 0.422 e. The number of carbonyl (C=O) groups is 2. The van der Waals surface area contributed by atoms with Crippen molar-refractivity contribution in [3.8, 4) is 5.88 Å². The van der Waals surface area contributed by atoms with E-state index in [4.69, 9.17) is 4.74 Å². The molecule has 0 saturated heterocycles. The lowest BCUT2D eigenvalue weighted by molar-refractivity contribution is -0.154. The number of alkyl halides is 3. The van der Waals surface area contributed by atoms with Crippen LogP contribution in [0.15, 0.2) is 18.2 Å². The highest BCUT2D eigenvalue weighted by molar-refractivity contribution is 5.93. The minimum absolute atomic E-state index is 0.0793. The number of anilines is 1. The van der Waals surface area contributed by atoms with E-state index >= 15 is 0 Å². The Balaban J connectivity index is 2.10. The average molecular weight is 426 g/mol. The van der Waals surface area contributed by atoms with Gasteiger partial charge in [0.05, 0.1) is 6.04 Å². The molecule has 0 aliphatic rings. The minimum Gasteiger partial charge on any atom is -0.469 e.